The molecule has 0 aromatic heterocycles. The molecule has 8 nitrogen and oxygen atoms in total. The SMILES string of the molecule is CC(=O)OCC1=N[C@H](NC(=O)OCc2ccccc2)C(=O)Nc2c(C)cccc21. The van der Waals surface area contributed by atoms with Gasteiger partial charge in [-0.15, -0.1) is 0 Å². The average molecular weight is 395 g/mol. The van der Waals surface area contributed by atoms with E-state index in [1.165, 1.54) is 6.92 Å². The number of nitrogens with zero attached hydrogens (tertiary/aromatic N) is 1. The van der Waals surface area contributed by atoms with Crippen LogP contribution in [0.5, 0.6) is 0 Å². The van der Waals surface area contributed by atoms with Gasteiger partial charge in [-0.25, -0.2) is 4.79 Å². The Morgan fingerprint density at radius 2 is 1.83 bits per heavy atom. The smallest absolute Gasteiger partial charge is 0.409 e. The molecular weight excluding hydrogens is 374 g/mol. The zero-order valence-corrected chi connectivity index (χ0v) is 16.1. The van der Waals surface area contributed by atoms with E-state index in [0.29, 0.717) is 17.0 Å². The van der Waals surface area contributed by atoms with E-state index in [4.69, 9.17) is 9.47 Å². The van der Waals surface area contributed by atoms with Crippen LogP contribution in [0.3, 0.4) is 0 Å². The quantitative estimate of drug-likeness (QED) is 0.757. The van der Waals surface area contributed by atoms with Crippen molar-refractivity contribution in [3.63, 3.8) is 0 Å². The number of hydrogen-bond acceptors (Lipinski definition) is 6. The molecule has 2 aromatic carbocycles. The fourth-order valence-electron chi connectivity index (χ4n) is 2.81. The van der Waals surface area contributed by atoms with Crippen LogP contribution in [0.1, 0.15) is 23.6 Å². The van der Waals surface area contributed by atoms with Crippen LogP contribution in [0.25, 0.3) is 0 Å². The van der Waals surface area contributed by atoms with E-state index in [2.05, 4.69) is 15.6 Å². The van der Waals surface area contributed by atoms with Gasteiger partial charge in [-0.3, -0.25) is 19.9 Å². The number of hydrogen-bond donors (Lipinski definition) is 2. The monoisotopic (exact) mass is 395 g/mol. The Morgan fingerprint density at radius 3 is 2.55 bits per heavy atom. The van der Waals surface area contributed by atoms with Crippen molar-refractivity contribution in [2.45, 2.75) is 26.6 Å². The van der Waals surface area contributed by atoms with Crippen LogP contribution in [0.15, 0.2) is 53.5 Å². The van der Waals surface area contributed by atoms with Crippen LogP contribution in [-0.4, -0.2) is 36.5 Å². The van der Waals surface area contributed by atoms with Crippen LogP contribution in [-0.2, 0) is 25.7 Å². The predicted molar refractivity (Wildman–Crippen MR) is 107 cm³/mol. The van der Waals surface area contributed by atoms with Gasteiger partial charge in [0.15, 0.2) is 0 Å². The number of fused-ring (bicyclic) bond motifs is 1. The molecule has 29 heavy (non-hydrogen) atoms. The van der Waals surface area contributed by atoms with Crippen LogP contribution in [0.4, 0.5) is 10.5 Å². The minimum absolute atomic E-state index is 0.0599. The van der Waals surface area contributed by atoms with Crippen molar-refractivity contribution >= 4 is 29.4 Å². The van der Waals surface area contributed by atoms with Gasteiger partial charge in [-0.2, -0.15) is 0 Å². The number of benzodiazepines with no additional fused rings is 1. The Kier molecular flexibility index (Phi) is 6.23. The number of aliphatic imine (C=N–C) groups is 1. The number of nitrogens with one attached hydrogen (secondary N) is 2. The molecule has 0 bridgehead atoms. The van der Waals surface area contributed by atoms with Gasteiger partial charge in [0, 0.05) is 12.5 Å². The van der Waals surface area contributed by atoms with Crippen LogP contribution in [0.2, 0.25) is 0 Å². The second-order valence-electron chi connectivity index (χ2n) is 6.45. The van der Waals surface area contributed by atoms with E-state index in [0.717, 1.165) is 11.1 Å². The molecule has 1 atom stereocenters. The van der Waals surface area contributed by atoms with Crippen molar-refractivity contribution in [1.82, 2.24) is 5.32 Å². The zero-order chi connectivity index (χ0) is 20.8. The van der Waals surface area contributed by atoms with Crippen LogP contribution in [0, 0.1) is 6.92 Å². The Balaban J connectivity index is 1.78. The Bertz CT molecular complexity index is 956. The second-order valence-corrected chi connectivity index (χ2v) is 6.45. The first-order chi connectivity index (χ1) is 13.9. The molecule has 0 saturated carbocycles. The number of amides is 2. The van der Waals surface area contributed by atoms with Gasteiger partial charge in [0.2, 0.25) is 6.17 Å². The molecule has 1 aliphatic rings. The van der Waals surface area contributed by atoms with Crippen molar-refractivity contribution in [2.75, 3.05) is 11.9 Å². The summed E-state index contributed by atoms with van der Waals surface area (Å²) in [7, 11) is 0. The highest BCUT2D eigenvalue weighted by molar-refractivity contribution is 6.13. The molecule has 150 valence electrons. The van der Waals surface area contributed by atoms with Crippen molar-refractivity contribution < 1.29 is 23.9 Å². The number of aryl methyl sites for hydroxylation is 1. The summed E-state index contributed by atoms with van der Waals surface area (Å²) < 4.78 is 10.2. The molecule has 8 heteroatoms. The Morgan fingerprint density at radius 1 is 1.07 bits per heavy atom. The van der Waals surface area contributed by atoms with Gasteiger partial charge in [-0.1, -0.05) is 48.5 Å². The van der Waals surface area contributed by atoms with Gasteiger partial charge >= 0.3 is 12.1 Å². The summed E-state index contributed by atoms with van der Waals surface area (Å²) in [4.78, 5) is 40.4. The highest BCUT2D eigenvalue weighted by atomic mass is 16.5. The second kappa shape index (κ2) is 9.01. The number of carbonyl (C=O) groups excluding carboxylic acids is 3. The lowest BCUT2D eigenvalue weighted by molar-refractivity contribution is -0.139. The fourth-order valence-corrected chi connectivity index (χ4v) is 2.81. The molecule has 0 aliphatic carbocycles. The molecule has 0 radical (unpaired) electrons. The number of carbonyl (C=O) groups is 3. The standard InChI is InChI=1S/C21H21N3O5/c1-13-7-6-10-16-17(12-28-14(2)25)22-19(20(26)23-18(13)16)24-21(27)29-11-15-8-4-3-5-9-15/h3-10,19H,11-12H2,1-2H3,(H,23,26)(H,24,27)/t19-/m1/s1. The highest BCUT2D eigenvalue weighted by Gasteiger charge is 2.28. The number of esters is 1. The first kappa shape index (κ1) is 20.1. The van der Waals surface area contributed by atoms with E-state index in [-0.39, 0.29) is 13.2 Å². The predicted octanol–water partition coefficient (Wildman–Crippen LogP) is 2.55. The van der Waals surface area contributed by atoms with Crippen molar-refractivity contribution in [1.29, 1.82) is 0 Å². The summed E-state index contributed by atoms with van der Waals surface area (Å²) in [6.45, 7) is 3.06. The third-order valence-electron chi connectivity index (χ3n) is 4.24. The maximum Gasteiger partial charge on any atom is 0.409 e. The van der Waals surface area contributed by atoms with Crippen molar-refractivity contribution in [3.05, 3.63) is 65.2 Å². The molecule has 0 spiro atoms. The summed E-state index contributed by atoms with van der Waals surface area (Å²) in [5, 5.41) is 5.22. The molecular formula is C21H21N3O5. The molecule has 1 aliphatic heterocycles. The highest BCUT2D eigenvalue weighted by Crippen LogP contribution is 2.24. The molecule has 2 amide bonds. The first-order valence-electron chi connectivity index (χ1n) is 9.02. The maximum atomic E-state index is 12.6. The van der Waals surface area contributed by atoms with E-state index >= 15 is 0 Å². The summed E-state index contributed by atoms with van der Waals surface area (Å²) >= 11 is 0. The normalized spacial score (nSPS) is 15.3. The molecule has 1 heterocycles. The Hall–Kier alpha value is -3.68. The minimum Gasteiger partial charge on any atom is -0.459 e. The average Bonchev–Trinajstić information content (AvgIpc) is 2.83. The topological polar surface area (TPSA) is 106 Å². The van der Waals surface area contributed by atoms with Gasteiger partial charge in [-0.05, 0) is 18.1 Å². The summed E-state index contributed by atoms with van der Waals surface area (Å²) in [6, 6.07) is 14.6. The lowest BCUT2D eigenvalue weighted by Gasteiger charge is -2.14. The van der Waals surface area contributed by atoms with Gasteiger partial charge < -0.3 is 14.8 Å². The number of benzene rings is 2. The lowest BCUT2D eigenvalue weighted by atomic mass is 10.0. The van der Waals surface area contributed by atoms with Crippen molar-refractivity contribution in [3.8, 4) is 0 Å². The maximum absolute atomic E-state index is 12.6. The fraction of sp³-hybridized carbons (Fsp3) is 0.238. The van der Waals surface area contributed by atoms with E-state index in [1.54, 1.807) is 6.07 Å². The summed E-state index contributed by atoms with van der Waals surface area (Å²) in [6.07, 6.45) is -2.01. The zero-order valence-electron chi connectivity index (χ0n) is 16.1. The van der Waals surface area contributed by atoms with Gasteiger partial charge in [0.05, 0.1) is 11.4 Å². The van der Waals surface area contributed by atoms with E-state index in [9.17, 15) is 14.4 Å². The first-order valence-corrected chi connectivity index (χ1v) is 9.02. The molecule has 2 N–H and O–H groups in total. The molecule has 0 unspecified atom stereocenters. The number of alkyl carbamates (subject to hydrolysis) is 1. The van der Waals surface area contributed by atoms with Crippen LogP contribution >= 0.6 is 0 Å². The van der Waals surface area contributed by atoms with E-state index < -0.39 is 24.1 Å². The number of ether oxygens (including phenoxy) is 2. The number of para-hydroxylation sites is 1. The number of anilines is 1. The molecule has 2 aromatic rings. The lowest BCUT2D eigenvalue weighted by Crippen LogP contribution is -2.42. The van der Waals surface area contributed by atoms with E-state index in [1.807, 2.05) is 49.4 Å². The third-order valence-corrected chi connectivity index (χ3v) is 4.24. The number of rotatable bonds is 5. The third kappa shape index (κ3) is 5.19. The van der Waals surface area contributed by atoms with Gasteiger partial charge in [0.25, 0.3) is 5.91 Å². The Labute approximate surface area is 167 Å². The van der Waals surface area contributed by atoms with Gasteiger partial charge in [0.1, 0.15) is 13.2 Å². The largest absolute Gasteiger partial charge is 0.459 e. The van der Waals surface area contributed by atoms with Crippen molar-refractivity contribution in [2.24, 2.45) is 4.99 Å². The minimum atomic E-state index is -1.23. The van der Waals surface area contributed by atoms with Crippen LogP contribution < -0.4 is 10.6 Å². The molecule has 0 saturated heterocycles. The molecule has 0 fully saturated rings. The summed E-state index contributed by atoms with van der Waals surface area (Å²) in [5.41, 5.74) is 3.19. The molecule has 3 rings (SSSR count). The summed E-state index contributed by atoms with van der Waals surface area (Å²) in [5.74, 6) is -0.993.